The van der Waals surface area contributed by atoms with Gasteiger partial charge in [0.25, 0.3) is 0 Å². The van der Waals surface area contributed by atoms with Crippen molar-refractivity contribution in [2.75, 3.05) is 27.2 Å². The molecule has 0 bridgehead atoms. The number of halogens is 1. The Hall–Kier alpha value is 0.130. The van der Waals surface area contributed by atoms with Crippen LogP contribution in [0.5, 0.6) is 0 Å². The molecule has 2 unspecified atom stereocenters. The predicted octanol–water partition coefficient (Wildman–Crippen LogP) is 0.386. The van der Waals surface area contributed by atoms with E-state index in [1.807, 2.05) is 0 Å². The first-order valence-electron chi connectivity index (χ1n) is 7.49. The normalized spacial score (nSPS) is 24.1. The molecule has 1 aliphatic rings. The van der Waals surface area contributed by atoms with Crippen molar-refractivity contribution in [2.45, 2.75) is 46.6 Å². The standard InChI is InChI=1S/C17H32NO.HI/c1-14-8-7-11-17(3,4)16(14)10-9-15(2)18(5,6)12-13-19;/h8-10,15-16,19H,7,11-13H2,1-6H3;1H/q+1;/p-1/b10-9+;. The van der Waals surface area contributed by atoms with Crippen molar-refractivity contribution < 1.29 is 33.6 Å². The smallest absolute Gasteiger partial charge is 0.104 e. The molecule has 0 radical (unpaired) electrons. The van der Waals surface area contributed by atoms with Crippen molar-refractivity contribution in [1.82, 2.24) is 0 Å². The van der Waals surface area contributed by atoms with Gasteiger partial charge in [0.1, 0.15) is 12.6 Å². The van der Waals surface area contributed by atoms with Crippen LogP contribution < -0.4 is 24.0 Å². The molecular formula is C17H32INO. The largest absolute Gasteiger partial charge is 1.00 e. The lowest BCUT2D eigenvalue weighted by Crippen LogP contribution is -3.00. The highest BCUT2D eigenvalue weighted by Gasteiger charge is 2.31. The molecule has 2 nitrogen and oxygen atoms in total. The molecule has 0 fully saturated rings. The average molecular weight is 393 g/mol. The first-order valence-corrected chi connectivity index (χ1v) is 7.49. The van der Waals surface area contributed by atoms with Gasteiger partial charge in [-0.05, 0) is 38.2 Å². The first-order chi connectivity index (χ1) is 8.70. The summed E-state index contributed by atoms with van der Waals surface area (Å²) in [7, 11) is 4.36. The number of rotatable bonds is 5. The second-order valence-corrected chi connectivity index (χ2v) is 7.30. The molecule has 0 aromatic carbocycles. The van der Waals surface area contributed by atoms with E-state index in [1.165, 1.54) is 18.4 Å². The van der Waals surface area contributed by atoms with E-state index in [2.05, 4.69) is 60.0 Å². The maximum atomic E-state index is 9.14. The Labute approximate surface area is 142 Å². The third kappa shape index (κ3) is 5.15. The van der Waals surface area contributed by atoms with Gasteiger partial charge < -0.3 is 33.6 Å². The Morgan fingerprint density at radius 3 is 2.55 bits per heavy atom. The number of likely N-dealkylation sites (N-methyl/N-ethyl adjacent to an activating group) is 1. The highest BCUT2D eigenvalue weighted by molar-refractivity contribution is 5.19. The Balaban J connectivity index is 0.00000361. The van der Waals surface area contributed by atoms with Crippen LogP contribution in [-0.2, 0) is 0 Å². The van der Waals surface area contributed by atoms with Gasteiger partial charge in [-0.3, -0.25) is 0 Å². The summed E-state index contributed by atoms with van der Waals surface area (Å²) in [5.74, 6) is 0.554. The third-order valence-electron chi connectivity index (χ3n) is 4.95. The Morgan fingerprint density at radius 1 is 1.45 bits per heavy atom. The highest BCUT2D eigenvalue weighted by atomic mass is 127. The molecule has 0 amide bonds. The summed E-state index contributed by atoms with van der Waals surface area (Å²) in [5.41, 5.74) is 1.87. The van der Waals surface area contributed by atoms with Crippen molar-refractivity contribution in [3.63, 3.8) is 0 Å². The van der Waals surface area contributed by atoms with E-state index in [9.17, 15) is 0 Å². The van der Waals surface area contributed by atoms with Crippen molar-refractivity contribution in [3.8, 4) is 0 Å². The van der Waals surface area contributed by atoms with Crippen LogP contribution in [0.15, 0.2) is 23.8 Å². The molecule has 2 atom stereocenters. The summed E-state index contributed by atoms with van der Waals surface area (Å²) in [4.78, 5) is 0. The molecular weight excluding hydrogens is 361 g/mol. The van der Waals surface area contributed by atoms with E-state index in [-0.39, 0.29) is 30.6 Å². The molecule has 0 aromatic heterocycles. The molecule has 118 valence electrons. The molecule has 0 spiro atoms. The zero-order chi connectivity index (χ0) is 14.7. The van der Waals surface area contributed by atoms with Crippen LogP contribution in [0.1, 0.15) is 40.5 Å². The van der Waals surface area contributed by atoms with Gasteiger partial charge in [0.2, 0.25) is 0 Å². The van der Waals surface area contributed by atoms with Crippen LogP contribution in [0.3, 0.4) is 0 Å². The number of aliphatic hydroxyl groups is 1. The quantitative estimate of drug-likeness (QED) is 0.407. The van der Waals surface area contributed by atoms with Gasteiger partial charge in [-0.1, -0.05) is 31.6 Å². The molecule has 0 heterocycles. The fraction of sp³-hybridized carbons (Fsp3) is 0.765. The van der Waals surface area contributed by atoms with Gasteiger partial charge in [0.05, 0.1) is 20.7 Å². The minimum Gasteiger partial charge on any atom is -1.00 e. The predicted molar refractivity (Wildman–Crippen MR) is 82.9 cm³/mol. The maximum Gasteiger partial charge on any atom is 0.104 e. The molecule has 0 saturated heterocycles. The monoisotopic (exact) mass is 393 g/mol. The number of hydrogen-bond donors (Lipinski definition) is 1. The van der Waals surface area contributed by atoms with Crippen LogP contribution in [0.4, 0.5) is 0 Å². The summed E-state index contributed by atoms with van der Waals surface area (Å²) in [5, 5.41) is 9.14. The summed E-state index contributed by atoms with van der Waals surface area (Å²) in [6.45, 7) is 10.3. The van der Waals surface area contributed by atoms with E-state index < -0.39 is 0 Å². The van der Waals surface area contributed by atoms with Gasteiger partial charge in [-0.25, -0.2) is 0 Å². The Kier molecular flexibility index (Phi) is 8.00. The van der Waals surface area contributed by atoms with Gasteiger partial charge in [0, 0.05) is 5.92 Å². The molecule has 3 heteroatoms. The minimum atomic E-state index is 0. The Bertz CT molecular complexity index is 358. The van der Waals surface area contributed by atoms with E-state index >= 15 is 0 Å². The molecule has 20 heavy (non-hydrogen) atoms. The van der Waals surface area contributed by atoms with Crippen LogP contribution in [0, 0.1) is 11.3 Å². The van der Waals surface area contributed by atoms with Gasteiger partial charge in [-0.15, -0.1) is 0 Å². The van der Waals surface area contributed by atoms with Gasteiger partial charge >= 0.3 is 0 Å². The summed E-state index contributed by atoms with van der Waals surface area (Å²) in [6.07, 6.45) is 9.60. The van der Waals surface area contributed by atoms with E-state index in [4.69, 9.17) is 5.11 Å². The lowest BCUT2D eigenvalue weighted by atomic mass is 9.68. The maximum absolute atomic E-state index is 9.14. The minimum absolute atomic E-state index is 0. The average Bonchev–Trinajstić information content (AvgIpc) is 2.27. The number of hydrogen-bond acceptors (Lipinski definition) is 1. The Morgan fingerprint density at radius 2 is 2.05 bits per heavy atom. The molecule has 1 rings (SSSR count). The van der Waals surface area contributed by atoms with Gasteiger partial charge in [0.15, 0.2) is 0 Å². The van der Waals surface area contributed by atoms with Crippen molar-refractivity contribution in [1.29, 1.82) is 0 Å². The summed E-state index contributed by atoms with van der Waals surface area (Å²) >= 11 is 0. The zero-order valence-corrected chi connectivity index (χ0v) is 16.1. The van der Waals surface area contributed by atoms with Crippen LogP contribution in [-0.4, -0.2) is 42.9 Å². The fourth-order valence-electron chi connectivity index (χ4n) is 2.95. The second-order valence-electron chi connectivity index (χ2n) is 7.30. The van der Waals surface area contributed by atoms with Crippen LogP contribution in [0.25, 0.3) is 0 Å². The van der Waals surface area contributed by atoms with Crippen molar-refractivity contribution in [2.24, 2.45) is 11.3 Å². The van der Waals surface area contributed by atoms with Crippen molar-refractivity contribution >= 4 is 0 Å². The zero-order valence-electron chi connectivity index (χ0n) is 14.0. The van der Waals surface area contributed by atoms with Gasteiger partial charge in [-0.2, -0.15) is 0 Å². The highest BCUT2D eigenvalue weighted by Crippen LogP contribution is 2.41. The number of aliphatic hydroxyl groups excluding tert-OH is 1. The number of allylic oxidation sites excluding steroid dienone is 3. The topological polar surface area (TPSA) is 20.2 Å². The van der Waals surface area contributed by atoms with E-state index in [1.54, 1.807) is 0 Å². The van der Waals surface area contributed by atoms with E-state index in [0.717, 1.165) is 11.0 Å². The third-order valence-corrected chi connectivity index (χ3v) is 4.95. The van der Waals surface area contributed by atoms with Crippen LogP contribution in [0.2, 0.25) is 0 Å². The first kappa shape index (κ1) is 20.1. The summed E-state index contributed by atoms with van der Waals surface area (Å²) < 4.78 is 0.836. The fourth-order valence-corrected chi connectivity index (χ4v) is 2.95. The molecule has 1 aliphatic carbocycles. The lowest BCUT2D eigenvalue weighted by molar-refractivity contribution is -0.906. The summed E-state index contributed by atoms with van der Waals surface area (Å²) in [6, 6.07) is 0.428. The second kappa shape index (κ2) is 7.95. The van der Waals surface area contributed by atoms with E-state index in [0.29, 0.717) is 17.4 Å². The number of nitrogens with zero attached hydrogens (tertiary/aromatic N) is 1. The molecule has 0 aromatic rings. The SMILES string of the molecule is CC1=CCCC(C)(C)C1/C=C/C(C)[N+](C)(C)CCO.[I-]. The molecule has 1 N–H and O–H groups in total. The van der Waals surface area contributed by atoms with Crippen molar-refractivity contribution in [3.05, 3.63) is 23.8 Å². The number of quaternary nitrogens is 1. The lowest BCUT2D eigenvalue weighted by Gasteiger charge is -2.38. The van der Waals surface area contributed by atoms with Crippen LogP contribution >= 0.6 is 0 Å². The molecule has 0 aliphatic heterocycles. The molecule has 0 saturated carbocycles.